The molecule has 1 amide bonds. The van der Waals surface area contributed by atoms with E-state index >= 15 is 0 Å². The molecule has 0 bridgehead atoms. The molecule has 0 saturated carbocycles. The van der Waals surface area contributed by atoms with E-state index < -0.39 is 11.7 Å². The maximum Gasteiger partial charge on any atom is 0.412 e. The van der Waals surface area contributed by atoms with Gasteiger partial charge in [-0.25, -0.2) is 4.79 Å². The molecule has 0 aliphatic heterocycles. The monoisotopic (exact) mass is 248 g/mol. The lowest BCUT2D eigenvalue weighted by atomic mass is 10.2. The van der Waals surface area contributed by atoms with E-state index in [0.29, 0.717) is 10.6 Å². The number of thiophene rings is 1. The van der Waals surface area contributed by atoms with Gasteiger partial charge in [0.15, 0.2) is 6.07 Å². The topological polar surface area (TPSA) is 62.1 Å². The Balaban J connectivity index is 2.61. The molecule has 1 heterocycles. The van der Waals surface area contributed by atoms with Crippen LogP contribution in [0.3, 0.4) is 0 Å². The van der Waals surface area contributed by atoms with E-state index in [1.54, 1.807) is 38.3 Å². The lowest BCUT2D eigenvalue weighted by molar-refractivity contribution is 0.0636. The summed E-state index contributed by atoms with van der Waals surface area (Å²) in [5.41, 5.74) is 0.174. The summed E-state index contributed by atoms with van der Waals surface area (Å²) in [5, 5.41) is 13.3. The van der Waals surface area contributed by atoms with E-state index in [9.17, 15) is 4.79 Å². The van der Waals surface area contributed by atoms with Gasteiger partial charge in [0.1, 0.15) is 5.60 Å². The number of nitrogens with zero attached hydrogens (tertiary/aromatic N) is 1. The smallest absolute Gasteiger partial charge is 0.412 e. The molecule has 0 atom stereocenters. The maximum atomic E-state index is 11.4. The highest BCUT2D eigenvalue weighted by Gasteiger charge is 2.16. The first-order valence-electron chi connectivity index (χ1n) is 4.89. The predicted molar refractivity (Wildman–Crippen MR) is 66.7 cm³/mol. The second kappa shape index (κ2) is 5.38. The summed E-state index contributed by atoms with van der Waals surface area (Å²) in [5.74, 6) is 4.93. The molecule has 0 aliphatic rings. The average molecular weight is 248 g/mol. The Kier molecular flexibility index (Phi) is 4.14. The third-order valence-electron chi connectivity index (χ3n) is 1.49. The highest BCUT2D eigenvalue weighted by atomic mass is 32.1. The molecule has 4 nitrogen and oxygen atoms in total. The van der Waals surface area contributed by atoms with Gasteiger partial charge in [0, 0.05) is 16.9 Å². The molecule has 0 spiro atoms. The Morgan fingerprint density at radius 1 is 1.53 bits per heavy atom. The summed E-state index contributed by atoms with van der Waals surface area (Å²) in [7, 11) is 0. The zero-order valence-corrected chi connectivity index (χ0v) is 10.6. The lowest BCUT2D eigenvalue weighted by Crippen LogP contribution is -2.26. The van der Waals surface area contributed by atoms with Crippen molar-refractivity contribution >= 4 is 22.4 Å². The number of ether oxygens (including phenoxy) is 1. The van der Waals surface area contributed by atoms with E-state index in [4.69, 9.17) is 10.00 Å². The quantitative estimate of drug-likeness (QED) is 0.777. The largest absolute Gasteiger partial charge is 0.444 e. The highest BCUT2D eigenvalue weighted by Crippen LogP contribution is 2.20. The number of anilines is 1. The van der Waals surface area contributed by atoms with Crippen LogP contribution in [0, 0.1) is 23.2 Å². The molecule has 5 heteroatoms. The van der Waals surface area contributed by atoms with Crippen LogP contribution in [0.15, 0.2) is 11.4 Å². The van der Waals surface area contributed by atoms with E-state index in [2.05, 4.69) is 17.2 Å². The van der Waals surface area contributed by atoms with Crippen LogP contribution in [0.1, 0.15) is 26.3 Å². The van der Waals surface area contributed by atoms with Gasteiger partial charge in [0.05, 0.1) is 5.00 Å². The van der Waals surface area contributed by atoms with Gasteiger partial charge in [-0.3, -0.25) is 5.32 Å². The van der Waals surface area contributed by atoms with Crippen molar-refractivity contribution in [1.82, 2.24) is 0 Å². The summed E-state index contributed by atoms with van der Waals surface area (Å²) in [6.07, 6.45) is -0.501. The molecule has 0 aliphatic carbocycles. The summed E-state index contributed by atoms with van der Waals surface area (Å²) in [6.45, 7) is 5.39. The number of nitrogens with one attached hydrogen (secondary N) is 1. The van der Waals surface area contributed by atoms with Gasteiger partial charge in [-0.15, -0.1) is 11.3 Å². The van der Waals surface area contributed by atoms with Gasteiger partial charge >= 0.3 is 6.09 Å². The van der Waals surface area contributed by atoms with Crippen LogP contribution in [-0.4, -0.2) is 11.7 Å². The molecule has 0 fully saturated rings. The van der Waals surface area contributed by atoms with Crippen molar-refractivity contribution in [3.63, 3.8) is 0 Å². The Bertz CT molecular complexity index is 509. The SMILES string of the molecule is CC(C)(C)OC(=O)Nc1cc(C#CC#N)cs1. The first kappa shape index (κ1) is 13.1. The zero-order chi connectivity index (χ0) is 12.9. The molecule has 1 rings (SSSR count). The number of hydrogen-bond donors (Lipinski definition) is 1. The fourth-order valence-corrected chi connectivity index (χ4v) is 1.69. The van der Waals surface area contributed by atoms with Gasteiger partial charge in [-0.05, 0) is 32.8 Å². The third kappa shape index (κ3) is 5.05. The van der Waals surface area contributed by atoms with Crippen molar-refractivity contribution in [3.8, 4) is 17.9 Å². The molecule has 1 N–H and O–H groups in total. The summed E-state index contributed by atoms with van der Waals surface area (Å²) >= 11 is 1.33. The number of rotatable bonds is 1. The van der Waals surface area contributed by atoms with Gasteiger partial charge in [0.25, 0.3) is 0 Å². The highest BCUT2D eigenvalue weighted by molar-refractivity contribution is 7.14. The van der Waals surface area contributed by atoms with Gasteiger partial charge in [-0.1, -0.05) is 0 Å². The normalized spacial score (nSPS) is 9.76. The van der Waals surface area contributed by atoms with Crippen LogP contribution < -0.4 is 5.32 Å². The fourth-order valence-electron chi connectivity index (χ4n) is 0.972. The van der Waals surface area contributed by atoms with Crippen LogP contribution in [0.4, 0.5) is 9.80 Å². The van der Waals surface area contributed by atoms with Crippen molar-refractivity contribution in [1.29, 1.82) is 5.26 Å². The minimum atomic E-state index is -0.523. The van der Waals surface area contributed by atoms with Crippen LogP contribution in [0.5, 0.6) is 0 Å². The Hall–Kier alpha value is -1.98. The molecule has 0 saturated heterocycles. The standard InChI is InChI=1S/C12H12N2O2S/c1-12(2,3)16-11(15)14-10-7-9(8-17-10)5-4-6-13/h7-8H,1-3H3,(H,14,15). The van der Waals surface area contributed by atoms with E-state index in [1.165, 1.54) is 11.3 Å². The average Bonchev–Trinajstić information content (AvgIpc) is 2.59. The minimum Gasteiger partial charge on any atom is -0.444 e. The molecule has 1 aromatic rings. The van der Waals surface area contributed by atoms with Crippen LogP contribution in [0.25, 0.3) is 0 Å². The fraction of sp³-hybridized carbons (Fsp3) is 0.333. The van der Waals surface area contributed by atoms with Crippen LogP contribution >= 0.6 is 11.3 Å². The summed E-state index contributed by atoms with van der Waals surface area (Å²) in [4.78, 5) is 11.4. The number of carbonyl (C=O) groups excluding carboxylic acids is 1. The molecule has 88 valence electrons. The molecule has 0 aromatic carbocycles. The third-order valence-corrected chi connectivity index (χ3v) is 2.33. The lowest BCUT2D eigenvalue weighted by Gasteiger charge is -2.19. The van der Waals surface area contributed by atoms with Gasteiger partial charge in [-0.2, -0.15) is 5.26 Å². The maximum absolute atomic E-state index is 11.4. The summed E-state index contributed by atoms with van der Waals surface area (Å²) < 4.78 is 5.10. The predicted octanol–water partition coefficient (Wildman–Crippen LogP) is 2.97. The molecule has 1 aromatic heterocycles. The minimum absolute atomic E-state index is 0.501. The molecule has 0 radical (unpaired) electrons. The Labute approximate surface area is 104 Å². The summed E-state index contributed by atoms with van der Waals surface area (Å²) in [6, 6.07) is 3.42. The van der Waals surface area contributed by atoms with Crippen LogP contribution in [-0.2, 0) is 4.74 Å². The van der Waals surface area contributed by atoms with Crippen LogP contribution in [0.2, 0.25) is 0 Å². The second-order valence-electron chi connectivity index (χ2n) is 4.19. The number of hydrogen-bond acceptors (Lipinski definition) is 4. The second-order valence-corrected chi connectivity index (χ2v) is 5.10. The van der Waals surface area contributed by atoms with Crippen molar-refractivity contribution in [2.24, 2.45) is 0 Å². The number of amides is 1. The van der Waals surface area contributed by atoms with E-state index in [1.807, 2.05) is 0 Å². The van der Waals surface area contributed by atoms with E-state index in [-0.39, 0.29) is 0 Å². The number of nitriles is 1. The van der Waals surface area contributed by atoms with Crippen molar-refractivity contribution in [3.05, 3.63) is 17.0 Å². The van der Waals surface area contributed by atoms with Gasteiger partial charge in [0.2, 0.25) is 0 Å². The molecular weight excluding hydrogens is 236 g/mol. The van der Waals surface area contributed by atoms with Crippen molar-refractivity contribution < 1.29 is 9.53 Å². The molecule has 0 unspecified atom stereocenters. The number of carbonyl (C=O) groups is 1. The zero-order valence-electron chi connectivity index (χ0n) is 9.83. The Morgan fingerprint density at radius 3 is 2.82 bits per heavy atom. The van der Waals surface area contributed by atoms with Gasteiger partial charge < -0.3 is 4.74 Å². The molecular formula is C12H12N2O2S. The first-order chi connectivity index (χ1) is 7.90. The van der Waals surface area contributed by atoms with E-state index in [0.717, 1.165) is 0 Å². The Morgan fingerprint density at radius 2 is 2.24 bits per heavy atom. The first-order valence-corrected chi connectivity index (χ1v) is 5.77. The van der Waals surface area contributed by atoms with Crippen molar-refractivity contribution in [2.45, 2.75) is 26.4 Å². The molecule has 17 heavy (non-hydrogen) atoms. The van der Waals surface area contributed by atoms with Crippen molar-refractivity contribution in [2.75, 3.05) is 5.32 Å².